The summed E-state index contributed by atoms with van der Waals surface area (Å²) in [5.41, 5.74) is 1.23. The molecule has 6 nitrogen and oxygen atoms in total. The van der Waals surface area contributed by atoms with Gasteiger partial charge in [-0.3, -0.25) is 4.79 Å². The van der Waals surface area contributed by atoms with E-state index >= 15 is 0 Å². The van der Waals surface area contributed by atoms with Crippen LogP contribution in [-0.4, -0.2) is 47.1 Å². The summed E-state index contributed by atoms with van der Waals surface area (Å²) in [6.07, 6.45) is 2.85. The van der Waals surface area contributed by atoms with Crippen molar-refractivity contribution in [1.29, 1.82) is 0 Å². The molecular formula is C18H23FN4O2. The lowest BCUT2D eigenvalue weighted by atomic mass is 10.1. The molecule has 1 unspecified atom stereocenters. The molecule has 1 saturated heterocycles. The van der Waals surface area contributed by atoms with Crippen molar-refractivity contribution >= 4 is 5.91 Å². The number of likely N-dealkylation sites (N-methyl/N-ethyl adjacent to an activating group) is 1. The van der Waals surface area contributed by atoms with E-state index in [0.717, 1.165) is 25.9 Å². The number of rotatable bonds is 6. The number of hydrogen-bond donors (Lipinski definition) is 1. The highest BCUT2D eigenvalue weighted by Crippen LogP contribution is 2.21. The van der Waals surface area contributed by atoms with E-state index in [1.165, 1.54) is 6.07 Å². The molecule has 1 aliphatic heterocycles. The van der Waals surface area contributed by atoms with Gasteiger partial charge in [0.15, 0.2) is 0 Å². The van der Waals surface area contributed by atoms with Crippen LogP contribution in [0.2, 0.25) is 0 Å². The number of nitrogens with zero attached hydrogens (tertiary/aromatic N) is 3. The summed E-state index contributed by atoms with van der Waals surface area (Å²) in [5.74, 6) is 0.699. The lowest BCUT2D eigenvalue weighted by molar-refractivity contribution is -0.132. The Morgan fingerprint density at radius 3 is 3.08 bits per heavy atom. The van der Waals surface area contributed by atoms with Gasteiger partial charge in [0.2, 0.25) is 17.6 Å². The van der Waals surface area contributed by atoms with Crippen LogP contribution >= 0.6 is 0 Å². The Morgan fingerprint density at radius 2 is 2.32 bits per heavy atom. The maximum Gasteiger partial charge on any atom is 0.227 e. The Labute approximate surface area is 146 Å². The summed E-state index contributed by atoms with van der Waals surface area (Å²) in [5, 5.41) is 7.07. The van der Waals surface area contributed by atoms with E-state index in [-0.39, 0.29) is 17.8 Å². The van der Waals surface area contributed by atoms with Gasteiger partial charge in [0.05, 0.1) is 0 Å². The van der Waals surface area contributed by atoms with Gasteiger partial charge in [-0.2, -0.15) is 4.98 Å². The molecule has 0 aliphatic carbocycles. The summed E-state index contributed by atoms with van der Waals surface area (Å²) < 4.78 is 18.6. The molecule has 0 bridgehead atoms. The zero-order valence-electron chi connectivity index (χ0n) is 14.6. The molecule has 25 heavy (non-hydrogen) atoms. The van der Waals surface area contributed by atoms with Crippen molar-refractivity contribution in [3.05, 3.63) is 35.5 Å². The van der Waals surface area contributed by atoms with Crippen molar-refractivity contribution in [1.82, 2.24) is 20.4 Å². The first-order valence-electron chi connectivity index (χ1n) is 8.61. The molecule has 1 aromatic heterocycles. The predicted molar refractivity (Wildman–Crippen MR) is 91.4 cm³/mol. The van der Waals surface area contributed by atoms with Crippen molar-refractivity contribution < 1.29 is 13.7 Å². The molecule has 1 amide bonds. The molecule has 0 spiro atoms. The molecule has 1 aliphatic rings. The fourth-order valence-electron chi connectivity index (χ4n) is 3.23. The molecule has 134 valence electrons. The Balaban J connectivity index is 1.60. The van der Waals surface area contributed by atoms with Gasteiger partial charge in [-0.1, -0.05) is 5.16 Å². The fraction of sp³-hybridized carbons (Fsp3) is 0.500. The highest BCUT2D eigenvalue weighted by molar-refractivity contribution is 5.77. The van der Waals surface area contributed by atoms with Gasteiger partial charge >= 0.3 is 0 Å². The van der Waals surface area contributed by atoms with Crippen LogP contribution in [0.5, 0.6) is 0 Å². The highest BCUT2D eigenvalue weighted by Gasteiger charge is 2.28. The second kappa shape index (κ2) is 7.74. The Kier molecular flexibility index (Phi) is 5.43. The minimum atomic E-state index is -0.264. The topological polar surface area (TPSA) is 71.3 Å². The second-order valence-electron chi connectivity index (χ2n) is 6.42. The van der Waals surface area contributed by atoms with Crippen molar-refractivity contribution in [2.24, 2.45) is 0 Å². The Hall–Kier alpha value is -2.28. The number of nitrogens with one attached hydrogen (secondary N) is 1. The summed E-state index contributed by atoms with van der Waals surface area (Å²) >= 11 is 0. The summed E-state index contributed by atoms with van der Waals surface area (Å²) in [4.78, 5) is 18.7. The van der Waals surface area contributed by atoms with Gasteiger partial charge in [0, 0.05) is 37.5 Å². The molecule has 2 aromatic rings. The molecule has 7 heteroatoms. The lowest BCUT2D eigenvalue weighted by Crippen LogP contribution is -2.40. The van der Waals surface area contributed by atoms with Crippen molar-refractivity contribution in [3.8, 4) is 11.4 Å². The number of benzene rings is 1. The molecule has 0 radical (unpaired) electrons. The molecule has 0 saturated carbocycles. The number of aromatic nitrogens is 2. The predicted octanol–water partition coefficient (Wildman–Crippen LogP) is 2.33. The number of likely N-dealkylation sites (tertiary alicyclic amines) is 1. The smallest absolute Gasteiger partial charge is 0.227 e. The molecule has 1 N–H and O–H groups in total. The van der Waals surface area contributed by atoms with Crippen LogP contribution in [0.4, 0.5) is 4.39 Å². The average molecular weight is 346 g/mol. The first-order chi connectivity index (χ1) is 12.1. The van der Waals surface area contributed by atoms with Crippen LogP contribution in [0, 0.1) is 12.7 Å². The second-order valence-corrected chi connectivity index (χ2v) is 6.42. The minimum absolute atomic E-state index is 0.120. The molecule has 3 rings (SSSR count). The van der Waals surface area contributed by atoms with Crippen molar-refractivity contribution in [3.63, 3.8) is 0 Å². The number of hydrogen-bond acceptors (Lipinski definition) is 5. The number of halogens is 1. The molecule has 1 atom stereocenters. The third-order valence-electron chi connectivity index (χ3n) is 4.57. The van der Waals surface area contributed by atoms with E-state index in [1.54, 1.807) is 19.1 Å². The van der Waals surface area contributed by atoms with Crippen molar-refractivity contribution in [2.45, 2.75) is 38.6 Å². The number of aryl methyl sites for hydroxylation is 2. The van der Waals surface area contributed by atoms with Gasteiger partial charge in [-0.25, -0.2) is 4.39 Å². The van der Waals surface area contributed by atoms with E-state index in [1.807, 2.05) is 11.9 Å². The zero-order chi connectivity index (χ0) is 17.8. The average Bonchev–Trinajstić information content (AvgIpc) is 3.25. The van der Waals surface area contributed by atoms with Gasteiger partial charge in [0.25, 0.3) is 0 Å². The monoisotopic (exact) mass is 346 g/mol. The molecule has 1 aromatic carbocycles. The van der Waals surface area contributed by atoms with Gasteiger partial charge in [-0.15, -0.1) is 0 Å². The van der Waals surface area contributed by atoms with E-state index < -0.39 is 0 Å². The summed E-state index contributed by atoms with van der Waals surface area (Å²) in [6, 6.07) is 4.97. The quantitative estimate of drug-likeness (QED) is 0.869. The van der Waals surface area contributed by atoms with Crippen LogP contribution in [0.1, 0.15) is 30.7 Å². The maximum atomic E-state index is 13.4. The molecule has 1 fully saturated rings. The largest absolute Gasteiger partial charge is 0.339 e. The lowest BCUT2D eigenvalue weighted by Gasteiger charge is -2.24. The van der Waals surface area contributed by atoms with Gasteiger partial charge in [-0.05, 0) is 50.6 Å². The van der Waals surface area contributed by atoms with Crippen LogP contribution in [0.15, 0.2) is 22.7 Å². The number of carbonyl (C=O) groups excluding carboxylic acids is 1. The van der Waals surface area contributed by atoms with Crippen LogP contribution in [0.25, 0.3) is 11.4 Å². The Bertz CT molecular complexity index is 746. The van der Waals surface area contributed by atoms with E-state index in [2.05, 4.69) is 15.5 Å². The van der Waals surface area contributed by atoms with Crippen LogP contribution < -0.4 is 5.32 Å². The normalized spacial score (nSPS) is 17.2. The van der Waals surface area contributed by atoms with E-state index in [4.69, 9.17) is 4.52 Å². The minimum Gasteiger partial charge on any atom is -0.339 e. The Morgan fingerprint density at radius 1 is 1.48 bits per heavy atom. The first kappa shape index (κ1) is 17.5. The van der Waals surface area contributed by atoms with Crippen LogP contribution in [0.3, 0.4) is 0 Å². The SMILES string of the molecule is CNCC1CCCN1C(=O)CCc1nc(-c2ccc(F)c(C)c2)no1. The van der Waals surface area contributed by atoms with E-state index in [9.17, 15) is 9.18 Å². The summed E-state index contributed by atoms with van der Waals surface area (Å²) in [6.45, 7) is 3.33. The third-order valence-corrected chi connectivity index (χ3v) is 4.57. The third kappa shape index (κ3) is 4.04. The zero-order valence-corrected chi connectivity index (χ0v) is 14.6. The number of amides is 1. The first-order valence-corrected chi connectivity index (χ1v) is 8.61. The summed E-state index contributed by atoms with van der Waals surface area (Å²) in [7, 11) is 1.90. The van der Waals surface area contributed by atoms with E-state index in [0.29, 0.717) is 35.7 Å². The van der Waals surface area contributed by atoms with Gasteiger partial charge in [0.1, 0.15) is 5.82 Å². The molecule has 2 heterocycles. The van der Waals surface area contributed by atoms with Crippen molar-refractivity contribution in [2.75, 3.05) is 20.1 Å². The number of carbonyl (C=O) groups is 1. The fourth-order valence-corrected chi connectivity index (χ4v) is 3.23. The van der Waals surface area contributed by atoms with Crippen LogP contribution in [-0.2, 0) is 11.2 Å². The van der Waals surface area contributed by atoms with Gasteiger partial charge < -0.3 is 14.7 Å². The highest BCUT2D eigenvalue weighted by atomic mass is 19.1. The molecular weight excluding hydrogens is 323 g/mol. The maximum absolute atomic E-state index is 13.4. The standard InChI is InChI=1S/C18H23FN4O2/c1-12-10-13(5-6-15(12)19)18-21-16(25-22-18)7-8-17(24)23-9-3-4-14(23)11-20-2/h5-6,10,14,20H,3-4,7-9,11H2,1-2H3.